The van der Waals surface area contributed by atoms with E-state index in [2.05, 4.69) is 0 Å². The molecule has 0 radical (unpaired) electrons. The highest BCUT2D eigenvalue weighted by Gasteiger charge is 2.49. The molecule has 0 amide bonds. The highest BCUT2D eigenvalue weighted by Crippen LogP contribution is 2.27. The molecule has 0 fully saturated rings. The van der Waals surface area contributed by atoms with Crippen molar-refractivity contribution in [3.8, 4) is 0 Å². The summed E-state index contributed by atoms with van der Waals surface area (Å²) in [5, 5.41) is 27.9. The molecule has 0 aliphatic heterocycles. The highest BCUT2D eigenvalue weighted by molar-refractivity contribution is 5.81. The van der Waals surface area contributed by atoms with Gasteiger partial charge in [0.25, 0.3) is 0 Å². The topological polar surface area (TPSA) is 98.1 Å². The molecule has 2 atom stereocenters. The Labute approximate surface area is 94.5 Å². The van der Waals surface area contributed by atoms with Crippen molar-refractivity contribution in [2.45, 2.75) is 45.4 Å². The lowest BCUT2D eigenvalue weighted by Crippen LogP contribution is -2.64. The fourth-order valence-electron chi connectivity index (χ4n) is 1.71. The van der Waals surface area contributed by atoms with Crippen molar-refractivity contribution in [1.82, 2.24) is 4.90 Å². The Morgan fingerprint density at radius 1 is 1.12 bits per heavy atom. The van der Waals surface area contributed by atoms with Gasteiger partial charge < -0.3 is 15.3 Å². The molecule has 0 spiro atoms. The maximum Gasteiger partial charge on any atom is 0.351 e. The lowest BCUT2D eigenvalue weighted by atomic mass is 9.93. The van der Waals surface area contributed by atoms with E-state index in [-0.39, 0.29) is 13.0 Å². The van der Waals surface area contributed by atoms with Crippen molar-refractivity contribution in [1.29, 1.82) is 0 Å². The number of hydrogen-bond donors (Lipinski definition) is 3. The Balaban J connectivity index is 5.43. The maximum atomic E-state index is 11.2. The minimum atomic E-state index is -2.20. The third kappa shape index (κ3) is 2.33. The molecule has 3 N–H and O–H groups in total. The molecule has 0 bridgehead atoms. The van der Waals surface area contributed by atoms with Crippen LogP contribution in [-0.4, -0.2) is 50.0 Å². The van der Waals surface area contributed by atoms with E-state index < -0.39 is 23.2 Å². The van der Waals surface area contributed by atoms with Crippen LogP contribution in [-0.2, 0) is 9.59 Å². The summed E-state index contributed by atoms with van der Waals surface area (Å²) in [6.07, 6.45) is 0.194. The molecule has 0 aliphatic rings. The first-order valence-electron chi connectivity index (χ1n) is 5.11. The molecular formula is C10H19NO5. The van der Waals surface area contributed by atoms with Gasteiger partial charge >= 0.3 is 11.9 Å². The van der Waals surface area contributed by atoms with Gasteiger partial charge in [0, 0.05) is 0 Å². The molecule has 0 rings (SSSR count). The summed E-state index contributed by atoms with van der Waals surface area (Å²) in [7, 11) is 0. The van der Waals surface area contributed by atoms with Gasteiger partial charge in [-0.1, -0.05) is 13.8 Å². The van der Waals surface area contributed by atoms with Crippen molar-refractivity contribution < 1.29 is 24.9 Å². The van der Waals surface area contributed by atoms with Gasteiger partial charge in [-0.2, -0.15) is 0 Å². The smallest absolute Gasteiger partial charge is 0.351 e. The normalized spacial score (nSPS) is 18.9. The Kier molecular flexibility index (Phi) is 4.45. The monoisotopic (exact) mass is 233 g/mol. The van der Waals surface area contributed by atoms with Crippen LogP contribution >= 0.6 is 0 Å². The van der Waals surface area contributed by atoms with Crippen LogP contribution in [0, 0.1) is 0 Å². The summed E-state index contributed by atoms with van der Waals surface area (Å²) in [5.74, 6) is -2.62. The van der Waals surface area contributed by atoms with Crippen LogP contribution in [0.1, 0.15) is 34.1 Å². The van der Waals surface area contributed by atoms with E-state index in [1.165, 1.54) is 6.92 Å². The van der Waals surface area contributed by atoms with Gasteiger partial charge in [0.05, 0.1) is 0 Å². The molecule has 6 heteroatoms. The summed E-state index contributed by atoms with van der Waals surface area (Å²) in [5.41, 5.74) is -3.60. The first-order valence-corrected chi connectivity index (χ1v) is 5.11. The third-order valence-electron chi connectivity index (χ3n) is 2.99. The number of nitrogens with zero attached hydrogens (tertiary/aromatic N) is 1. The zero-order chi connectivity index (χ0) is 13.1. The van der Waals surface area contributed by atoms with Crippen LogP contribution in [0.2, 0.25) is 0 Å². The van der Waals surface area contributed by atoms with Crippen LogP contribution in [0.3, 0.4) is 0 Å². The van der Waals surface area contributed by atoms with E-state index in [4.69, 9.17) is 10.2 Å². The number of carbonyl (C=O) groups is 2. The fraction of sp³-hybridized carbons (Fsp3) is 0.800. The highest BCUT2D eigenvalue weighted by atomic mass is 16.4. The lowest BCUT2D eigenvalue weighted by Gasteiger charge is -2.43. The number of likely N-dealkylation sites (N-methyl/N-ethyl adjacent to an activating group) is 1. The van der Waals surface area contributed by atoms with Crippen molar-refractivity contribution in [3.05, 3.63) is 0 Å². The minimum absolute atomic E-state index is 0.121. The Hall–Kier alpha value is -1.14. The first kappa shape index (κ1) is 14.9. The van der Waals surface area contributed by atoms with Gasteiger partial charge in [-0.3, -0.25) is 9.69 Å². The molecule has 16 heavy (non-hydrogen) atoms. The van der Waals surface area contributed by atoms with Crippen LogP contribution in [0.15, 0.2) is 0 Å². The van der Waals surface area contributed by atoms with Crippen molar-refractivity contribution >= 4 is 11.9 Å². The molecule has 0 aromatic rings. The van der Waals surface area contributed by atoms with E-state index >= 15 is 0 Å². The fourth-order valence-corrected chi connectivity index (χ4v) is 1.71. The Morgan fingerprint density at radius 2 is 1.56 bits per heavy atom. The Morgan fingerprint density at radius 3 is 1.75 bits per heavy atom. The molecule has 0 heterocycles. The molecule has 0 aromatic heterocycles. The third-order valence-corrected chi connectivity index (χ3v) is 2.99. The summed E-state index contributed by atoms with van der Waals surface area (Å²) in [6, 6.07) is 0. The van der Waals surface area contributed by atoms with E-state index in [1.54, 1.807) is 13.8 Å². The van der Waals surface area contributed by atoms with Gasteiger partial charge in [-0.15, -0.1) is 0 Å². The molecule has 94 valence electrons. The number of hydrogen-bond acceptors (Lipinski definition) is 4. The molecule has 0 aliphatic carbocycles. The zero-order valence-corrected chi connectivity index (χ0v) is 10.0. The second kappa shape index (κ2) is 4.80. The quantitative estimate of drug-likeness (QED) is 0.573. The van der Waals surface area contributed by atoms with Crippen molar-refractivity contribution in [2.24, 2.45) is 0 Å². The predicted octanol–water partition coefficient (Wildman–Crippen LogP) is 0.355. The van der Waals surface area contributed by atoms with Gasteiger partial charge in [-0.05, 0) is 26.8 Å². The average molecular weight is 233 g/mol. The van der Waals surface area contributed by atoms with E-state index in [9.17, 15) is 14.7 Å². The average Bonchev–Trinajstić information content (AvgIpc) is 2.17. The number of carboxylic acid groups (broad SMARTS) is 2. The standard InChI is InChI=1S/C10H19NO5/c1-5-9(3,7(12)13)11(6-2)10(4,16)8(14)15/h16H,5-6H2,1-4H3,(H,12,13)(H,14,15). The van der Waals surface area contributed by atoms with Gasteiger partial charge in [-0.25, -0.2) is 4.79 Å². The van der Waals surface area contributed by atoms with Crippen molar-refractivity contribution in [3.63, 3.8) is 0 Å². The largest absolute Gasteiger partial charge is 0.480 e. The second-order valence-electron chi connectivity index (χ2n) is 4.00. The van der Waals surface area contributed by atoms with Gasteiger partial charge in [0.15, 0.2) is 0 Å². The first-order chi connectivity index (χ1) is 7.14. The number of aliphatic carboxylic acids is 2. The number of rotatable bonds is 6. The van der Waals surface area contributed by atoms with E-state index in [1.807, 2.05) is 0 Å². The molecule has 2 unspecified atom stereocenters. The van der Waals surface area contributed by atoms with E-state index in [0.717, 1.165) is 11.8 Å². The van der Waals surface area contributed by atoms with E-state index in [0.29, 0.717) is 0 Å². The summed E-state index contributed by atoms with van der Waals surface area (Å²) < 4.78 is 0. The zero-order valence-electron chi connectivity index (χ0n) is 10.0. The molecule has 0 aromatic carbocycles. The minimum Gasteiger partial charge on any atom is -0.480 e. The maximum absolute atomic E-state index is 11.2. The Bertz CT molecular complexity index is 289. The summed E-state index contributed by atoms with van der Waals surface area (Å²) >= 11 is 0. The second-order valence-corrected chi connectivity index (χ2v) is 4.00. The SMILES string of the molecule is CCN(C(C)(O)C(=O)O)C(C)(CC)C(=O)O. The number of aliphatic hydroxyl groups is 1. The summed E-state index contributed by atoms with van der Waals surface area (Å²) in [4.78, 5) is 23.2. The molecule has 0 saturated heterocycles. The van der Waals surface area contributed by atoms with Crippen LogP contribution in [0.4, 0.5) is 0 Å². The molecule has 6 nitrogen and oxygen atoms in total. The van der Waals surface area contributed by atoms with Crippen LogP contribution in [0.25, 0.3) is 0 Å². The summed E-state index contributed by atoms with van der Waals surface area (Å²) in [6.45, 7) is 5.84. The van der Waals surface area contributed by atoms with Gasteiger partial charge in [0.1, 0.15) is 5.54 Å². The molecule has 0 saturated carbocycles. The molecular weight excluding hydrogens is 214 g/mol. The van der Waals surface area contributed by atoms with Crippen LogP contribution in [0.5, 0.6) is 0 Å². The lowest BCUT2D eigenvalue weighted by molar-refractivity contribution is -0.198. The van der Waals surface area contributed by atoms with Gasteiger partial charge in [0.2, 0.25) is 5.72 Å². The van der Waals surface area contributed by atoms with Crippen molar-refractivity contribution in [2.75, 3.05) is 6.54 Å². The number of carboxylic acids is 2. The predicted molar refractivity (Wildman–Crippen MR) is 57.0 cm³/mol. The van der Waals surface area contributed by atoms with Crippen LogP contribution < -0.4 is 0 Å².